The van der Waals surface area contributed by atoms with Crippen LogP contribution in [0.4, 0.5) is 17.3 Å². The number of anilines is 3. The normalized spacial score (nSPS) is 14.1. The van der Waals surface area contributed by atoms with Crippen molar-refractivity contribution in [1.29, 1.82) is 0 Å². The summed E-state index contributed by atoms with van der Waals surface area (Å²) in [6.07, 6.45) is 4.24. The minimum absolute atomic E-state index is 0.0204. The number of carbonyl (C=O) groups is 1. The standard InChI is InChI=1S/C15H15N7O3S2/c16-27(24,25)13-4-3-11(26-13)15-17-6-10(18-7-23)14(20-15)19-12-5-9(21-22-12)8-1-2-8/h3-8H,1-2H2,(H,18,23)(H2,16,24,25)(H2,17,19,20,21,22). The van der Waals surface area contributed by atoms with Gasteiger partial charge in [-0.2, -0.15) is 5.10 Å². The van der Waals surface area contributed by atoms with E-state index >= 15 is 0 Å². The van der Waals surface area contributed by atoms with Crippen molar-refractivity contribution in [3.8, 4) is 10.7 Å². The van der Waals surface area contributed by atoms with Gasteiger partial charge in [-0.1, -0.05) is 0 Å². The zero-order valence-electron chi connectivity index (χ0n) is 13.8. The molecule has 0 saturated heterocycles. The molecule has 5 N–H and O–H groups in total. The predicted octanol–water partition coefficient (Wildman–Crippen LogP) is 1.76. The van der Waals surface area contributed by atoms with Crippen LogP contribution in [0.25, 0.3) is 10.7 Å². The molecule has 0 aliphatic heterocycles. The molecule has 1 fully saturated rings. The molecule has 0 spiro atoms. The predicted molar refractivity (Wildman–Crippen MR) is 100 cm³/mol. The first-order chi connectivity index (χ1) is 12.9. The van der Waals surface area contributed by atoms with Crippen molar-refractivity contribution in [2.24, 2.45) is 5.14 Å². The molecule has 12 heteroatoms. The Morgan fingerprint density at radius 3 is 2.81 bits per heavy atom. The summed E-state index contributed by atoms with van der Waals surface area (Å²) >= 11 is 0.966. The molecule has 0 bridgehead atoms. The van der Waals surface area contributed by atoms with E-state index in [-0.39, 0.29) is 4.21 Å². The number of thiophene rings is 1. The number of carbonyl (C=O) groups excluding carboxylic acids is 1. The van der Waals surface area contributed by atoms with Gasteiger partial charge in [-0.05, 0) is 25.0 Å². The molecule has 140 valence electrons. The maximum absolute atomic E-state index is 11.5. The Bertz CT molecular complexity index is 1100. The van der Waals surface area contributed by atoms with Gasteiger partial charge in [0.15, 0.2) is 17.5 Å². The molecule has 0 atom stereocenters. The molecule has 4 rings (SSSR count). The van der Waals surface area contributed by atoms with Gasteiger partial charge in [-0.25, -0.2) is 23.5 Å². The number of aromatic nitrogens is 4. The summed E-state index contributed by atoms with van der Waals surface area (Å²) in [6.45, 7) is 0. The lowest BCUT2D eigenvalue weighted by Crippen LogP contribution is -2.09. The summed E-state index contributed by atoms with van der Waals surface area (Å²) in [5, 5.41) is 17.9. The van der Waals surface area contributed by atoms with Gasteiger partial charge in [0.2, 0.25) is 16.4 Å². The maximum atomic E-state index is 11.5. The molecule has 1 amide bonds. The minimum atomic E-state index is -3.79. The SMILES string of the molecule is NS(=O)(=O)c1ccc(-c2ncc(NC=O)c(Nc3cc(C4CC4)[nH]n3)n2)s1. The second-order valence-electron chi connectivity index (χ2n) is 5.99. The van der Waals surface area contributed by atoms with Gasteiger partial charge in [0.1, 0.15) is 9.90 Å². The number of rotatable bonds is 7. The third kappa shape index (κ3) is 3.82. The van der Waals surface area contributed by atoms with Crippen molar-refractivity contribution in [2.45, 2.75) is 23.0 Å². The van der Waals surface area contributed by atoms with Gasteiger partial charge in [-0.3, -0.25) is 9.89 Å². The van der Waals surface area contributed by atoms with Crippen LogP contribution in [0.5, 0.6) is 0 Å². The number of nitrogens with one attached hydrogen (secondary N) is 3. The van der Waals surface area contributed by atoms with Crippen molar-refractivity contribution >= 4 is 45.1 Å². The number of hydrogen-bond acceptors (Lipinski definition) is 8. The van der Waals surface area contributed by atoms with E-state index < -0.39 is 10.0 Å². The minimum Gasteiger partial charge on any atom is -0.324 e. The summed E-state index contributed by atoms with van der Waals surface area (Å²) in [4.78, 5) is 20.0. The van der Waals surface area contributed by atoms with Gasteiger partial charge in [0.05, 0.1) is 11.1 Å². The smallest absolute Gasteiger partial charge is 0.247 e. The number of amides is 1. The summed E-state index contributed by atoms with van der Waals surface area (Å²) in [5.74, 6) is 1.72. The number of nitrogens with two attached hydrogens (primary N) is 1. The number of aromatic amines is 1. The highest BCUT2D eigenvalue weighted by Gasteiger charge is 2.25. The second kappa shape index (κ2) is 6.72. The maximum Gasteiger partial charge on any atom is 0.247 e. The van der Waals surface area contributed by atoms with Gasteiger partial charge in [0, 0.05) is 17.7 Å². The average Bonchev–Trinajstić information content (AvgIpc) is 3.16. The molecule has 3 aromatic rings. The van der Waals surface area contributed by atoms with Crippen LogP contribution in [0.3, 0.4) is 0 Å². The first-order valence-corrected chi connectivity index (χ1v) is 10.3. The van der Waals surface area contributed by atoms with Crippen molar-refractivity contribution < 1.29 is 13.2 Å². The van der Waals surface area contributed by atoms with Crippen LogP contribution in [0.2, 0.25) is 0 Å². The molecule has 10 nitrogen and oxygen atoms in total. The Morgan fingerprint density at radius 2 is 2.15 bits per heavy atom. The molecule has 1 saturated carbocycles. The van der Waals surface area contributed by atoms with Gasteiger partial charge in [0.25, 0.3) is 0 Å². The van der Waals surface area contributed by atoms with E-state index in [4.69, 9.17) is 5.14 Å². The van der Waals surface area contributed by atoms with Gasteiger partial charge < -0.3 is 10.6 Å². The molecule has 0 radical (unpaired) electrons. The molecular formula is C15H15N7O3S2. The van der Waals surface area contributed by atoms with Crippen molar-refractivity contribution in [1.82, 2.24) is 20.2 Å². The number of nitrogens with zero attached hydrogens (tertiary/aromatic N) is 3. The third-order valence-electron chi connectivity index (χ3n) is 3.95. The topological polar surface area (TPSA) is 156 Å². The van der Waals surface area contributed by atoms with E-state index in [1.165, 1.54) is 12.3 Å². The fourth-order valence-corrected chi connectivity index (χ4v) is 4.15. The van der Waals surface area contributed by atoms with Crippen LogP contribution in [0, 0.1) is 0 Å². The lowest BCUT2D eigenvalue weighted by Gasteiger charge is -2.09. The summed E-state index contributed by atoms with van der Waals surface area (Å²) in [6, 6.07) is 4.88. The van der Waals surface area contributed by atoms with E-state index in [1.54, 1.807) is 6.07 Å². The zero-order valence-corrected chi connectivity index (χ0v) is 15.5. The van der Waals surface area contributed by atoms with Crippen LogP contribution in [-0.2, 0) is 14.8 Å². The van der Waals surface area contributed by atoms with E-state index in [0.717, 1.165) is 29.9 Å². The number of H-pyrrole nitrogens is 1. The summed E-state index contributed by atoms with van der Waals surface area (Å²) in [5.41, 5.74) is 1.42. The second-order valence-corrected chi connectivity index (χ2v) is 8.86. The Labute approximate surface area is 158 Å². The molecule has 0 unspecified atom stereocenters. The molecule has 0 aromatic carbocycles. The largest absolute Gasteiger partial charge is 0.324 e. The molecule has 3 aromatic heterocycles. The van der Waals surface area contributed by atoms with Crippen molar-refractivity contribution in [3.63, 3.8) is 0 Å². The van der Waals surface area contributed by atoms with E-state index in [2.05, 4.69) is 30.8 Å². The van der Waals surface area contributed by atoms with Gasteiger partial charge >= 0.3 is 0 Å². The highest BCUT2D eigenvalue weighted by Crippen LogP contribution is 2.40. The average molecular weight is 405 g/mol. The Morgan fingerprint density at radius 1 is 1.33 bits per heavy atom. The molecule has 3 heterocycles. The Kier molecular flexibility index (Phi) is 4.37. The van der Waals surface area contributed by atoms with Crippen LogP contribution < -0.4 is 15.8 Å². The fraction of sp³-hybridized carbons (Fsp3) is 0.200. The molecule has 1 aliphatic carbocycles. The van der Waals surface area contributed by atoms with Gasteiger partial charge in [-0.15, -0.1) is 11.3 Å². The molecule has 27 heavy (non-hydrogen) atoms. The van der Waals surface area contributed by atoms with Crippen LogP contribution in [0.15, 0.2) is 28.6 Å². The highest BCUT2D eigenvalue weighted by atomic mass is 32.2. The first kappa shape index (κ1) is 17.6. The third-order valence-corrected chi connectivity index (χ3v) is 6.47. The number of primary sulfonamides is 1. The lowest BCUT2D eigenvalue weighted by atomic mass is 10.3. The number of sulfonamides is 1. The first-order valence-electron chi connectivity index (χ1n) is 7.96. The van der Waals surface area contributed by atoms with Crippen molar-refractivity contribution in [2.75, 3.05) is 10.6 Å². The van der Waals surface area contributed by atoms with Crippen molar-refractivity contribution in [3.05, 3.63) is 30.1 Å². The lowest BCUT2D eigenvalue weighted by molar-refractivity contribution is -0.105. The summed E-state index contributed by atoms with van der Waals surface area (Å²) < 4.78 is 22.9. The van der Waals surface area contributed by atoms with Crippen LogP contribution in [0.1, 0.15) is 24.5 Å². The quantitative estimate of drug-likeness (QED) is 0.436. The zero-order chi connectivity index (χ0) is 19.0. The fourth-order valence-electron chi connectivity index (χ4n) is 2.48. The monoisotopic (exact) mass is 405 g/mol. The number of hydrogen-bond donors (Lipinski definition) is 4. The molecular weight excluding hydrogens is 390 g/mol. The molecule has 1 aliphatic rings. The Balaban J connectivity index is 1.66. The van der Waals surface area contributed by atoms with Crippen LogP contribution in [-0.4, -0.2) is 35.0 Å². The van der Waals surface area contributed by atoms with E-state index in [1.807, 2.05) is 6.07 Å². The Hall–Kier alpha value is -2.83. The van der Waals surface area contributed by atoms with E-state index in [0.29, 0.717) is 40.4 Å². The summed E-state index contributed by atoms with van der Waals surface area (Å²) in [7, 11) is -3.79. The van der Waals surface area contributed by atoms with Crippen LogP contribution >= 0.6 is 11.3 Å². The van der Waals surface area contributed by atoms with E-state index in [9.17, 15) is 13.2 Å². The highest BCUT2D eigenvalue weighted by molar-refractivity contribution is 7.91.